The monoisotopic (exact) mass is 699 g/mol. The lowest BCUT2D eigenvalue weighted by Crippen LogP contribution is -2.54. The quantitative estimate of drug-likeness (QED) is 0.200. The minimum atomic E-state index is -0.525. The molecule has 2 aromatic rings. The first-order chi connectivity index (χ1) is 24.5. The highest BCUT2D eigenvalue weighted by Crippen LogP contribution is 2.68. The van der Waals surface area contributed by atoms with Crippen molar-refractivity contribution < 1.29 is 33.4 Å². The van der Waals surface area contributed by atoms with E-state index in [0.717, 1.165) is 48.1 Å². The number of rotatable bonds is 8. The van der Waals surface area contributed by atoms with E-state index < -0.39 is 6.09 Å². The average molecular weight is 700 g/mol. The summed E-state index contributed by atoms with van der Waals surface area (Å²) in [6, 6.07) is 15.4. The predicted molar refractivity (Wildman–Crippen MR) is 195 cm³/mol. The Morgan fingerprint density at radius 2 is 1.67 bits per heavy atom. The van der Waals surface area contributed by atoms with E-state index in [1.165, 1.54) is 50.0 Å². The first kappa shape index (κ1) is 36.0. The Hall–Kier alpha value is -3.39. The number of carbonyl (C=O) groups is 3. The summed E-state index contributed by atoms with van der Waals surface area (Å²) in [6.45, 7) is 11.4. The fraction of sp³-hybridized carbons (Fsp3) is 0.651. The lowest BCUT2D eigenvalue weighted by Gasteiger charge is -2.61. The van der Waals surface area contributed by atoms with Gasteiger partial charge in [-0.3, -0.25) is 14.4 Å². The van der Waals surface area contributed by atoms with Gasteiger partial charge in [-0.2, -0.15) is 5.06 Å². The summed E-state index contributed by atoms with van der Waals surface area (Å²) in [7, 11) is 0. The molecule has 0 radical (unpaired) electrons. The van der Waals surface area contributed by atoms with Crippen LogP contribution in [0.2, 0.25) is 0 Å². The number of carbonyl (C=O) groups excluding carboxylic acids is 3. The van der Waals surface area contributed by atoms with Gasteiger partial charge in [-0.25, -0.2) is 4.79 Å². The minimum absolute atomic E-state index is 0.0654. The molecule has 4 saturated carbocycles. The minimum Gasteiger partial charge on any atom is -0.463 e. The Kier molecular flexibility index (Phi) is 10.3. The summed E-state index contributed by atoms with van der Waals surface area (Å²) in [4.78, 5) is 43.1. The second-order valence-corrected chi connectivity index (χ2v) is 16.9. The summed E-state index contributed by atoms with van der Waals surface area (Å²) in [5.41, 5.74) is 3.39. The van der Waals surface area contributed by atoms with Crippen LogP contribution in [-0.4, -0.2) is 37.3 Å². The molecule has 51 heavy (non-hydrogen) atoms. The van der Waals surface area contributed by atoms with Crippen LogP contribution < -0.4 is 9.80 Å². The fourth-order valence-electron chi connectivity index (χ4n) is 11.9. The maximum absolute atomic E-state index is 13.1. The van der Waals surface area contributed by atoms with Gasteiger partial charge in [-0.05, 0) is 147 Å². The normalized spacial score (nSPS) is 34.6. The number of nitrogens with zero attached hydrogens (tertiary/aromatic N) is 1. The number of fused-ring (bicyclic) bond motifs is 6. The number of hydrogen-bond donors (Lipinski definition) is 0. The molecule has 1 heterocycles. The van der Waals surface area contributed by atoms with E-state index in [9.17, 15) is 14.4 Å². The fourth-order valence-corrected chi connectivity index (χ4v) is 11.9. The number of para-hydroxylation sites is 1. The highest BCUT2D eigenvalue weighted by atomic mass is 16.7. The van der Waals surface area contributed by atoms with Crippen molar-refractivity contribution in [3.8, 4) is 5.75 Å². The van der Waals surface area contributed by atoms with Crippen molar-refractivity contribution in [3.05, 3.63) is 59.7 Å². The summed E-state index contributed by atoms with van der Waals surface area (Å²) < 4.78 is 16.7. The van der Waals surface area contributed by atoms with Crippen LogP contribution in [0, 0.1) is 46.3 Å². The zero-order valence-corrected chi connectivity index (χ0v) is 31.2. The van der Waals surface area contributed by atoms with Crippen LogP contribution in [0.5, 0.6) is 5.75 Å². The van der Waals surface area contributed by atoms with Gasteiger partial charge < -0.3 is 14.2 Å². The average Bonchev–Trinajstić information content (AvgIpc) is 3.48. The van der Waals surface area contributed by atoms with E-state index in [4.69, 9.17) is 19.0 Å². The summed E-state index contributed by atoms with van der Waals surface area (Å²) in [5.74, 6) is 4.30. The van der Waals surface area contributed by atoms with Crippen molar-refractivity contribution in [3.63, 3.8) is 0 Å². The van der Waals surface area contributed by atoms with E-state index in [-0.39, 0.29) is 30.6 Å². The molecular formula is C43H57NO7. The molecule has 2 aromatic carbocycles. The van der Waals surface area contributed by atoms with Crippen LogP contribution in [0.1, 0.15) is 122 Å². The molecule has 8 nitrogen and oxygen atoms in total. The summed E-state index contributed by atoms with van der Waals surface area (Å²) in [5, 5.41) is 1.23. The maximum Gasteiger partial charge on any atom is 0.438 e. The van der Waals surface area contributed by atoms with Gasteiger partial charge in [0.1, 0.15) is 11.9 Å². The Balaban J connectivity index is 0.926. The largest absolute Gasteiger partial charge is 0.463 e. The van der Waals surface area contributed by atoms with Crippen molar-refractivity contribution in [1.82, 2.24) is 0 Å². The van der Waals surface area contributed by atoms with Crippen molar-refractivity contribution in [2.24, 2.45) is 46.3 Å². The van der Waals surface area contributed by atoms with Gasteiger partial charge in [-0.1, -0.05) is 51.1 Å². The SMILES string of the molecule is CCOC(=O)N1OC[C@@H](c2ccc(OC(=O)CC[C@@H](C)[C@H]3CC[C@H]4[C@@H]5CCC6C[C@H](OC(C)=O)CC[C@]6(C)[C@H]5CC[C@]34C)cc2)c2ccccc21. The van der Waals surface area contributed by atoms with Gasteiger partial charge in [0.05, 0.1) is 18.9 Å². The number of benzene rings is 2. The van der Waals surface area contributed by atoms with Gasteiger partial charge in [0.2, 0.25) is 0 Å². The smallest absolute Gasteiger partial charge is 0.438 e. The third-order valence-corrected chi connectivity index (χ3v) is 14.4. The van der Waals surface area contributed by atoms with Gasteiger partial charge in [0, 0.05) is 19.3 Å². The van der Waals surface area contributed by atoms with E-state index in [1.807, 2.05) is 48.5 Å². The van der Waals surface area contributed by atoms with E-state index >= 15 is 0 Å². The van der Waals surface area contributed by atoms with Crippen molar-refractivity contribution >= 4 is 23.7 Å². The summed E-state index contributed by atoms with van der Waals surface area (Å²) >= 11 is 0. The standard InChI is InChI=1S/C43H57NO7/c1-6-48-41(47)44-39-10-8-7-9-33(39)35(26-49-44)29-12-15-31(16-13-29)51-40(46)20-11-27(2)36-18-19-37-34-17-14-30-25-32(50-28(3)45)21-23-42(30,4)38(34)22-24-43(36,37)5/h7-10,12-13,15-16,27,30,32,34-38H,6,11,14,17-26H2,1-5H3/t27-,30?,32-,34+,35+,36-,37+,38+,42+,43-/m1/s1. The van der Waals surface area contributed by atoms with E-state index in [1.54, 1.807) is 13.8 Å². The topological polar surface area (TPSA) is 91.4 Å². The zero-order valence-electron chi connectivity index (χ0n) is 31.2. The molecule has 5 aliphatic rings. The highest BCUT2D eigenvalue weighted by Gasteiger charge is 2.60. The Labute approximate surface area is 303 Å². The van der Waals surface area contributed by atoms with Crippen LogP contribution in [0.4, 0.5) is 10.5 Å². The first-order valence-corrected chi connectivity index (χ1v) is 19.7. The third kappa shape index (κ3) is 6.82. The predicted octanol–water partition coefficient (Wildman–Crippen LogP) is 9.64. The molecule has 0 aromatic heterocycles. The van der Waals surface area contributed by atoms with Gasteiger partial charge >= 0.3 is 18.0 Å². The third-order valence-electron chi connectivity index (χ3n) is 14.4. The van der Waals surface area contributed by atoms with Gasteiger partial charge in [-0.15, -0.1) is 0 Å². The molecule has 1 amide bonds. The number of anilines is 1. The molecule has 10 atom stereocenters. The molecule has 276 valence electrons. The van der Waals surface area contributed by atoms with Crippen LogP contribution in [0.3, 0.4) is 0 Å². The zero-order chi connectivity index (χ0) is 35.9. The number of esters is 2. The number of amides is 1. The number of ether oxygens (including phenoxy) is 3. The van der Waals surface area contributed by atoms with Crippen molar-refractivity contribution in [1.29, 1.82) is 0 Å². The van der Waals surface area contributed by atoms with Gasteiger partial charge in [0.25, 0.3) is 0 Å². The van der Waals surface area contributed by atoms with Crippen LogP contribution in [0.15, 0.2) is 48.5 Å². The second kappa shape index (κ2) is 14.6. The second-order valence-electron chi connectivity index (χ2n) is 16.9. The van der Waals surface area contributed by atoms with Gasteiger partial charge in [0.15, 0.2) is 0 Å². The molecule has 0 saturated heterocycles. The number of hydrogen-bond acceptors (Lipinski definition) is 7. The summed E-state index contributed by atoms with van der Waals surface area (Å²) in [6.07, 6.45) is 11.9. The lowest BCUT2D eigenvalue weighted by atomic mass is 9.44. The molecule has 1 unspecified atom stereocenters. The molecule has 0 N–H and O–H groups in total. The van der Waals surface area contributed by atoms with Crippen LogP contribution in [-0.2, 0) is 23.9 Å². The molecule has 4 aliphatic carbocycles. The molecule has 0 spiro atoms. The molecular weight excluding hydrogens is 642 g/mol. The number of hydroxylamine groups is 1. The highest BCUT2D eigenvalue weighted by molar-refractivity contribution is 5.87. The van der Waals surface area contributed by atoms with Crippen molar-refractivity contribution in [2.45, 2.75) is 117 Å². The molecule has 1 aliphatic heterocycles. The Morgan fingerprint density at radius 3 is 2.43 bits per heavy atom. The molecule has 4 fully saturated rings. The Morgan fingerprint density at radius 1 is 0.922 bits per heavy atom. The Bertz CT molecular complexity index is 1590. The van der Waals surface area contributed by atoms with E-state index in [2.05, 4.69) is 20.8 Å². The van der Waals surface area contributed by atoms with Crippen LogP contribution >= 0.6 is 0 Å². The molecule has 8 heteroatoms. The van der Waals surface area contributed by atoms with Crippen molar-refractivity contribution in [2.75, 3.05) is 18.3 Å². The maximum atomic E-state index is 13.1. The van der Waals surface area contributed by atoms with Crippen LogP contribution in [0.25, 0.3) is 0 Å². The first-order valence-electron chi connectivity index (χ1n) is 19.7. The van der Waals surface area contributed by atoms with E-state index in [0.29, 0.717) is 53.0 Å². The molecule has 0 bridgehead atoms. The lowest BCUT2D eigenvalue weighted by molar-refractivity contribution is -0.160. The molecule has 7 rings (SSSR count).